The molecule has 126 valence electrons. The summed E-state index contributed by atoms with van der Waals surface area (Å²) >= 11 is 0. The Morgan fingerprint density at radius 3 is 2.79 bits per heavy atom. The van der Waals surface area contributed by atoms with Crippen LogP contribution in [0.5, 0.6) is 11.5 Å². The fourth-order valence-corrected chi connectivity index (χ4v) is 2.93. The monoisotopic (exact) mass is 323 g/mol. The van der Waals surface area contributed by atoms with Crippen molar-refractivity contribution in [2.24, 2.45) is 0 Å². The van der Waals surface area contributed by atoms with Crippen molar-refractivity contribution in [1.82, 2.24) is 4.90 Å². The number of hydrogen-bond donors (Lipinski definition) is 0. The fourth-order valence-electron chi connectivity index (χ4n) is 2.93. The van der Waals surface area contributed by atoms with E-state index in [2.05, 4.69) is 54.4 Å². The van der Waals surface area contributed by atoms with Crippen LogP contribution in [-0.2, 0) is 13.0 Å². The summed E-state index contributed by atoms with van der Waals surface area (Å²) in [4.78, 5) is 2.31. The summed E-state index contributed by atoms with van der Waals surface area (Å²) in [5.41, 5.74) is 3.88. The van der Waals surface area contributed by atoms with E-state index in [0.717, 1.165) is 37.6 Å². The Balaban J connectivity index is 1.50. The summed E-state index contributed by atoms with van der Waals surface area (Å²) in [5.74, 6) is 1.98. The molecule has 0 radical (unpaired) electrons. The van der Waals surface area contributed by atoms with Gasteiger partial charge in [-0.3, -0.25) is 4.90 Å². The lowest BCUT2D eigenvalue weighted by atomic mass is 10.1. The minimum atomic E-state index is 0.703. The lowest BCUT2D eigenvalue weighted by molar-refractivity contribution is 0.340. The summed E-state index contributed by atoms with van der Waals surface area (Å²) < 4.78 is 11.0. The molecule has 0 aliphatic carbocycles. The van der Waals surface area contributed by atoms with E-state index in [1.807, 2.05) is 19.1 Å². The first-order valence-corrected chi connectivity index (χ1v) is 8.57. The topological polar surface area (TPSA) is 21.7 Å². The molecule has 1 aliphatic rings. The molecule has 0 bridgehead atoms. The first-order valence-electron chi connectivity index (χ1n) is 8.57. The average molecular weight is 323 g/mol. The van der Waals surface area contributed by atoms with Gasteiger partial charge in [0.15, 0.2) is 0 Å². The first-order chi connectivity index (χ1) is 11.7. The highest BCUT2D eigenvalue weighted by Crippen LogP contribution is 2.26. The maximum absolute atomic E-state index is 5.56. The van der Waals surface area contributed by atoms with Crippen molar-refractivity contribution in [3.8, 4) is 11.5 Å². The molecule has 0 saturated carbocycles. The molecule has 0 atom stereocenters. The molecule has 0 unspecified atom stereocenters. The third-order valence-corrected chi connectivity index (χ3v) is 4.12. The van der Waals surface area contributed by atoms with Gasteiger partial charge in [0, 0.05) is 19.5 Å². The minimum absolute atomic E-state index is 0.703. The zero-order valence-corrected chi connectivity index (χ0v) is 14.5. The third-order valence-electron chi connectivity index (χ3n) is 4.12. The Hall–Kier alpha value is -2.26. The Morgan fingerprint density at radius 2 is 2.00 bits per heavy atom. The van der Waals surface area contributed by atoms with Crippen LogP contribution in [0.1, 0.15) is 23.6 Å². The van der Waals surface area contributed by atoms with Crippen molar-refractivity contribution < 1.29 is 9.47 Å². The van der Waals surface area contributed by atoms with E-state index < -0.39 is 0 Å². The van der Waals surface area contributed by atoms with Crippen LogP contribution < -0.4 is 9.47 Å². The smallest absolute Gasteiger partial charge is 0.122 e. The molecule has 0 amide bonds. The normalized spacial score (nSPS) is 13.3. The summed E-state index contributed by atoms with van der Waals surface area (Å²) in [6.45, 7) is 5.38. The largest absolute Gasteiger partial charge is 0.494 e. The quantitative estimate of drug-likeness (QED) is 0.763. The molecule has 0 spiro atoms. The number of benzene rings is 2. The molecule has 0 fully saturated rings. The zero-order valence-electron chi connectivity index (χ0n) is 14.5. The summed E-state index contributed by atoms with van der Waals surface area (Å²) in [7, 11) is 2.15. The van der Waals surface area contributed by atoms with E-state index in [1.165, 1.54) is 16.7 Å². The van der Waals surface area contributed by atoms with Crippen molar-refractivity contribution >= 4 is 6.08 Å². The number of fused-ring (bicyclic) bond motifs is 1. The predicted octanol–water partition coefficient (Wildman–Crippen LogP) is 4.17. The van der Waals surface area contributed by atoms with Gasteiger partial charge in [-0.1, -0.05) is 36.4 Å². The number of ether oxygens (including phenoxy) is 2. The lowest BCUT2D eigenvalue weighted by Crippen LogP contribution is -2.17. The predicted molar refractivity (Wildman–Crippen MR) is 98.6 cm³/mol. The van der Waals surface area contributed by atoms with Crippen molar-refractivity contribution in [1.29, 1.82) is 0 Å². The molecule has 3 heteroatoms. The molecular weight excluding hydrogens is 298 g/mol. The van der Waals surface area contributed by atoms with E-state index in [4.69, 9.17) is 9.47 Å². The number of nitrogens with zero attached hydrogens (tertiary/aromatic N) is 1. The van der Waals surface area contributed by atoms with Crippen LogP contribution in [0.2, 0.25) is 0 Å². The van der Waals surface area contributed by atoms with Crippen molar-refractivity contribution in [2.75, 3.05) is 26.8 Å². The van der Waals surface area contributed by atoms with Gasteiger partial charge in [-0.15, -0.1) is 0 Å². The second kappa shape index (κ2) is 8.02. The molecule has 24 heavy (non-hydrogen) atoms. The summed E-state index contributed by atoms with van der Waals surface area (Å²) in [5, 5.41) is 0. The zero-order chi connectivity index (χ0) is 16.8. The molecule has 3 rings (SSSR count). The minimum Gasteiger partial charge on any atom is -0.494 e. The second-order valence-corrected chi connectivity index (χ2v) is 6.14. The molecule has 0 aromatic heterocycles. The van der Waals surface area contributed by atoms with Gasteiger partial charge < -0.3 is 9.47 Å². The van der Waals surface area contributed by atoms with Gasteiger partial charge in [-0.05, 0) is 48.9 Å². The third kappa shape index (κ3) is 4.39. The van der Waals surface area contributed by atoms with Crippen molar-refractivity contribution in [2.45, 2.75) is 19.9 Å². The highest BCUT2D eigenvalue weighted by molar-refractivity contribution is 5.50. The lowest BCUT2D eigenvalue weighted by Gasteiger charge is -2.15. The highest BCUT2D eigenvalue weighted by Gasteiger charge is 2.12. The number of likely N-dealkylation sites (N-methyl/N-ethyl adjacent to an activating group) is 1. The Kier molecular flexibility index (Phi) is 5.55. The fraction of sp³-hybridized carbons (Fsp3) is 0.333. The van der Waals surface area contributed by atoms with Crippen LogP contribution in [-0.4, -0.2) is 31.7 Å². The second-order valence-electron chi connectivity index (χ2n) is 6.14. The number of hydrogen-bond acceptors (Lipinski definition) is 3. The maximum atomic E-state index is 5.56. The van der Waals surface area contributed by atoms with E-state index in [1.54, 1.807) is 0 Å². The average Bonchev–Trinajstić information content (AvgIpc) is 3.04. The van der Waals surface area contributed by atoms with Crippen LogP contribution in [0.25, 0.3) is 6.08 Å². The van der Waals surface area contributed by atoms with Gasteiger partial charge in [0.05, 0.1) is 13.2 Å². The van der Waals surface area contributed by atoms with E-state index in [9.17, 15) is 0 Å². The SMILES string of the molecule is CCOc1ccc(C=CCN(C)Cc2ccc3c(c2)CCO3)cc1. The van der Waals surface area contributed by atoms with Crippen molar-refractivity contribution in [3.05, 3.63) is 65.2 Å². The van der Waals surface area contributed by atoms with Crippen molar-refractivity contribution in [3.63, 3.8) is 0 Å². The van der Waals surface area contributed by atoms with Crippen LogP contribution in [0.4, 0.5) is 0 Å². The van der Waals surface area contributed by atoms with Crippen LogP contribution in [0, 0.1) is 0 Å². The molecular formula is C21H25NO2. The molecule has 0 N–H and O–H groups in total. The molecule has 0 saturated heterocycles. The Morgan fingerprint density at radius 1 is 1.17 bits per heavy atom. The van der Waals surface area contributed by atoms with E-state index >= 15 is 0 Å². The molecule has 1 aliphatic heterocycles. The standard InChI is InChI=1S/C21H25NO2/c1-3-23-20-9-6-17(7-10-20)5-4-13-22(2)16-18-8-11-21-19(15-18)12-14-24-21/h4-11,15H,3,12-14,16H2,1-2H3. The molecule has 2 aromatic carbocycles. The van der Waals surface area contributed by atoms with E-state index in [0.29, 0.717) is 6.61 Å². The summed E-state index contributed by atoms with van der Waals surface area (Å²) in [6.07, 6.45) is 5.39. The highest BCUT2D eigenvalue weighted by atomic mass is 16.5. The van der Waals surface area contributed by atoms with Gasteiger partial charge in [-0.25, -0.2) is 0 Å². The van der Waals surface area contributed by atoms with Crippen LogP contribution in [0.15, 0.2) is 48.5 Å². The van der Waals surface area contributed by atoms with Gasteiger partial charge in [0.2, 0.25) is 0 Å². The van der Waals surface area contributed by atoms with Crippen LogP contribution in [0.3, 0.4) is 0 Å². The Labute approximate surface area is 144 Å². The number of rotatable bonds is 7. The molecule has 2 aromatic rings. The van der Waals surface area contributed by atoms with Crippen LogP contribution >= 0.6 is 0 Å². The molecule has 3 nitrogen and oxygen atoms in total. The van der Waals surface area contributed by atoms with Gasteiger partial charge in [-0.2, -0.15) is 0 Å². The Bertz CT molecular complexity index is 691. The van der Waals surface area contributed by atoms with E-state index in [-0.39, 0.29) is 0 Å². The van der Waals surface area contributed by atoms with Gasteiger partial charge in [0.1, 0.15) is 11.5 Å². The molecule has 1 heterocycles. The maximum Gasteiger partial charge on any atom is 0.122 e. The van der Waals surface area contributed by atoms with Gasteiger partial charge in [0.25, 0.3) is 0 Å². The summed E-state index contributed by atoms with van der Waals surface area (Å²) in [6, 6.07) is 14.7. The first kappa shape index (κ1) is 16.6. The van der Waals surface area contributed by atoms with Gasteiger partial charge >= 0.3 is 0 Å².